The van der Waals surface area contributed by atoms with Gasteiger partial charge in [0, 0.05) is 129 Å². The van der Waals surface area contributed by atoms with E-state index in [1.807, 2.05) is 56.0 Å². The van der Waals surface area contributed by atoms with E-state index < -0.39 is 131 Å². The highest BCUT2D eigenvalue weighted by molar-refractivity contribution is 7.86. The Hall–Kier alpha value is -7.77. The molecule has 0 saturated carbocycles. The molecule has 7 unspecified atom stereocenters. The smallest absolute Gasteiger partial charge is 0.390 e. The number of hydrogen-bond acceptors (Lipinski definition) is 34. The number of phosphoric ester groups is 2. The number of ketones is 1. The lowest BCUT2D eigenvalue weighted by atomic mass is 9.75. The molecule has 5 aliphatic rings. The number of carbonyl (C=O) groups is 3. The van der Waals surface area contributed by atoms with Crippen LogP contribution in [0.5, 0.6) is 0 Å². The number of carbonyl (C=O) groups excluding carboxylic acids is 3. The number of fused-ring (bicyclic) bond motifs is 7. The minimum atomic E-state index is -6.55. The van der Waals surface area contributed by atoms with Crippen LogP contribution in [0.3, 0.4) is 0 Å². The predicted molar refractivity (Wildman–Crippen MR) is 497 cm³/mol. The van der Waals surface area contributed by atoms with Crippen LogP contribution < -0.4 is 36.6 Å². The van der Waals surface area contributed by atoms with Crippen LogP contribution in [0.4, 0.5) is 29.2 Å². The number of nitrogen functional groups attached to an aromatic ring is 1. The van der Waals surface area contributed by atoms with Crippen molar-refractivity contribution in [3.8, 4) is 0 Å². The number of imidazole rings is 1. The van der Waals surface area contributed by atoms with Gasteiger partial charge in [0.1, 0.15) is 40.3 Å². The molecular formula is C80H113N14O34P6S3+. The Morgan fingerprint density at radius 2 is 1.18 bits per heavy atom. The van der Waals surface area contributed by atoms with Crippen LogP contribution in [-0.2, 0) is 118 Å². The summed E-state index contributed by atoms with van der Waals surface area (Å²) in [7, 11) is -50.9. The Morgan fingerprint density at radius 1 is 0.642 bits per heavy atom. The summed E-state index contributed by atoms with van der Waals surface area (Å²) >= 11 is 0. The number of nitrogens with one attached hydrogen (secondary N) is 3. The summed E-state index contributed by atoms with van der Waals surface area (Å²) in [5.74, 6) is 0.580. The number of ether oxygens (including phenoxy) is 1. The van der Waals surface area contributed by atoms with Crippen molar-refractivity contribution in [1.29, 1.82) is 0 Å². The minimum absolute atomic E-state index is 0.0300. The summed E-state index contributed by atoms with van der Waals surface area (Å²) in [5.41, 5.74) is 7.91. The number of unbranched alkanes of at least 4 members (excludes halogenated alkanes) is 8. The lowest BCUT2D eigenvalue weighted by Crippen LogP contribution is -2.45. The van der Waals surface area contributed by atoms with Crippen LogP contribution in [0.25, 0.3) is 32.7 Å². The average molecular weight is 2100 g/mol. The molecule has 4 aromatic carbocycles. The van der Waals surface area contributed by atoms with Gasteiger partial charge in [-0.25, -0.2) is 32.4 Å². The maximum Gasteiger partial charge on any atom is 0.490 e. The van der Waals surface area contributed by atoms with Gasteiger partial charge < -0.3 is 70.3 Å². The molecule has 8 heterocycles. The number of aliphatic hydroxyl groups is 1. The molecule has 10 atom stereocenters. The fraction of sp³-hybridized carbons (Fsp3) is 0.550. The van der Waals surface area contributed by atoms with Gasteiger partial charge in [0.25, 0.3) is 35.9 Å². The van der Waals surface area contributed by atoms with E-state index in [2.05, 4.69) is 87.5 Å². The van der Waals surface area contributed by atoms with Crippen molar-refractivity contribution in [3.05, 3.63) is 118 Å². The lowest BCUT2D eigenvalue weighted by Gasteiger charge is -2.34. The lowest BCUT2D eigenvalue weighted by molar-refractivity contribution is -0.438. The molecule has 3 saturated heterocycles. The zero-order valence-corrected chi connectivity index (χ0v) is 83.1. The fourth-order valence-electron chi connectivity index (χ4n) is 18.1. The van der Waals surface area contributed by atoms with E-state index in [0.29, 0.717) is 180 Å². The predicted octanol–water partition coefficient (Wildman–Crippen LogP) is 10.9. The van der Waals surface area contributed by atoms with Gasteiger partial charge in [-0.2, -0.15) is 71.3 Å². The topological polar surface area (TPSA) is 697 Å². The number of nitrogens with zero attached hydrogens (tertiary/aromatic N) is 10. The zero-order chi connectivity index (χ0) is 99.8. The van der Waals surface area contributed by atoms with Gasteiger partial charge in [-0.05, 0) is 151 Å². The van der Waals surface area contributed by atoms with E-state index in [4.69, 9.17) is 15.5 Å². The van der Waals surface area contributed by atoms with Gasteiger partial charge in [0.2, 0.25) is 35.3 Å². The number of H-pyrrole nitrogens is 1. The standard InChI is InChI=1S/C80H112N14O34P6S3/c1-6-39-80(5)67(93(42-21-48-135(112,113)114)60-34-32-56-58(72(60)80)23-19-26-65(56)137(118,119)120)28-20-27-66-79(3,4)71-57-22-18-25-64(136(115,116)117)55(57)31-33-59(71)92(66)41-16-11-14-30-69(98)86-54-37-45-91(46-38-54)78-85-52(2)84-77(89-78)90-43-35-53(36-44-90)61(95)24-12-7-8-13-29-68(97)82-40-15-9-10-17-47-121-129(100,101)124-131(104,105)126-133(108,109)128-134(110,111)127-132(106,107)125-130(102,103)122-50-63-62(96)49-70(123-63)94-51-83-73-74(94)87-76(81)88-75(73)99/h18-20,22-23,25-28,31-34,51,53-54,62-63,70,96H,6-17,21,24,29-30,35-50H2,1-5H3,(H13-,81,82,86,87,88,97,98,99,100,101,102,103,104,105,106,107,108,109,110,111,112,113,114,115,116,117,118,119,120)/p+1/t62-,63-,70-,80?/m1/s1. The van der Waals surface area contributed by atoms with E-state index in [-0.39, 0.29) is 102 Å². The maximum atomic E-state index is 13.7. The first-order valence-electron chi connectivity index (χ1n) is 44.2. The first-order chi connectivity index (χ1) is 64.2. The van der Waals surface area contributed by atoms with E-state index in [9.17, 15) is 120 Å². The monoisotopic (exact) mass is 2100 g/mol. The van der Waals surface area contributed by atoms with Gasteiger partial charge in [-0.3, -0.25) is 51.4 Å². The summed E-state index contributed by atoms with van der Waals surface area (Å²) < 4.78 is 217. The molecule has 0 radical (unpaired) electrons. The first-order valence-corrected chi connectivity index (χ1v) is 57.7. The molecular weight excluding hydrogens is 1980 g/mol. The van der Waals surface area contributed by atoms with Gasteiger partial charge in [-0.1, -0.05) is 75.4 Å². The van der Waals surface area contributed by atoms with Crippen LogP contribution in [0.1, 0.15) is 192 Å². The largest absolute Gasteiger partial charge is 0.490 e. The number of benzene rings is 4. The first kappa shape index (κ1) is 108. The molecule has 5 aliphatic heterocycles. The number of aryl methyl sites for hydroxylation is 1. The van der Waals surface area contributed by atoms with Crippen LogP contribution in [0, 0.1) is 12.8 Å². The molecule has 0 aliphatic carbocycles. The van der Waals surface area contributed by atoms with Crippen LogP contribution in [0.15, 0.2) is 106 Å². The molecule has 2 amide bonds. The molecule has 12 rings (SSSR count). The number of aromatic nitrogens is 7. The van der Waals surface area contributed by atoms with Gasteiger partial charge in [0.05, 0.1) is 36.8 Å². The molecule has 754 valence electrons. The Morgan fingerprint density at radius 3 is 1.77 bits per heavy atom. The number of nitrogens with two attached hydrogens (primary N) is 1. The highest BCUT2D eigenvalue weighted by atomic mass is 32.2. The number of Topliss-reactive ketones (excluding diaryl/α,β-unsaturated/α-hetero) is 1. The number of aromatic amines is 1. The zero-order valence-electron chi connectivity index (χ0n) is 75.3. The van der Waals surface area contributed by atoms with Crippen molar-refractivity contribution in [1.82, 2.24) is 45.1 Å². The third-order valence-corrected chi connectivity index (χ3v) is 36.0. The number of aliphatic hydroxyl groups excluding tert-OH is 1. The van der Waals surface area contributed by atoms with E-state index in [0.717, 1.165) is 41.0 Å². The normalized spacial score (nSPS) is 21.5. The Balaban J connectivity index is 0.519. The highest BCUT2D eigenvalue weighted by Crippen LogP contribution is 2.75. The molecule has 137 heavy (non-hydrogen) atoms. The van der Waals surface area contributed by atoms with Crippen molar-refractivity contribution >= 4 is 163 Å². The van der Waals surface area contributed by atoms with Crippen molar-refractivity contribution in [2.75, 3.05) is 85.2 Å². The molecule has 48 nitrogen and oxygen atoms in total. The summed E-state index contributed by atoms with van der Waals surface area (Å²) in [4.78, 5) is 141. The van der Waals surface area contributed by atoms with Crippen molar-refractivity contribution in [3.63, 3.8) is 0 Å². The van der Waals surface area contributed by atoms with Crippen LogP contribution in [-0.4, -0.2) is 219 Å². The molecule has 15 N–H and O–H groups in total. The molecule has 3 fully saturated rings. The Bertz CT molecular complexity index is 6540. The number of hydrogen-bond donors (Lipinski definition) is 14. The SMILES string of the molecule is CCCC1(C)C(=CC=CC2=[N+](CCCCCC(=O)NC3CCN(c4nc(C)nc(N5CCC(C(=O)CCCCCCC(=O)NCCCCCCOP(=O)(O)OP(=O)(O)OP(=O)(O)OP(=O)(O)OP(=O)(O)OP(=O)(O)OC[C@H]6O[C@@H](n7cnc8c(=O)[nH]c(N)nc87)C[C@H]6O)CC5)n4)CC3)c3ccc4c(S(=O)(=O)O)cccc4c3C2(C)C)N(CCCS(=O)(=O)O)c2ccc3c(S(=O)(=O)O)cccc3c21. The van der Waals surface area contributed by atoms with Crippen LogP contribution >= 0.6 is 46.9 Å². The van der Waals surface area contributed by atoms with Gasteiger partial charge in [0.15, 0.2) is 16.9 Å². The molecule has 3 aromatic heterocycles. The Kier molecular flexibility index (Phi) is 35.0. The van der Waals surface area contributed by atoms with E-state index >= 15 is 0 Å². The maximum absolute atomic E-state index is 13.7. The number of piperidine rings is 2. The average Bonchev–Trinajstić information content (AvgIpc) is 1.56. The van der Waals surface area contributed by atoms with Crippen LogP contribution in [0.2, 0.25) is 0 Å². The third-order valence-electron chi connectivity index (χ3n) is 24.2. The van der Waals surface area contributed by atoms with Gasteiger partial charge in [-0.15, -0.1) is 0 Å². The molecule has 7 aromatic rings. The minimum Gasteiger partial charge on any atom is -0.390 e. The summed E-state index contributed by atoms with van der Waals surface area (Å²) in [6.45, 7) is 11.5. The van der Waals surface area contributed by atoms with Gasteiger partial charge >= 0.3 is 46.9 Å². The third kappa shape index (κ3) is 28.2. The van der Waals surface area contributed by atoms with Crippen molar-refractivity contribution in [2.45, 2.75) is 221 Å². The van der Waals surface area contributed by atoms with Crippen molar-refractivity contribution < 1.29 is 155 Å². The second kappa shape index (κ2) is 44.4. The molecule has 57 heteroatoms. The summed E-state index contributed by atoms with van der Waals surface area (Å²) in [6.07, 6.45) is 13.3. The van der Waals surface area contributed by atoms with E-state index in [1.54, 1.807) is 43.3 Å². The fourth-order valence-corrected chi connectivity index (χ4v) is 27.8. The molecule has 0 bridgehead atoms. The summed E-state index contributed by atoms with van der Waals surface area (Å²) in [6, 6.07) is 16.4. The summed E-state index contributed by atoms with van der Waals surface area (Å²) in [5, 5.41) is 18.4. The second-order valence-corrected chi connectivity index (χ2v) is 48.4. The quantitative estimate of drug-likeness (QED) is 0.00729. The number of amides is 2. The highest BCUT2D eigenvalue weighted by Gasteiger charge is 2.52. The number of rotatable bonds is 49. The Labute approximate surface area is 788 Å². The van der Waals surface area contributed by atoms with E-state index in [1.165, 1.54) is 16.7 Å². The second-order valence-electron chi connectivity index (χ2n) is 34.6. The number of phosphoric acid groups is 6. The number of anilines is 4. The van der Waals surface area contributed by atoms with Crippen molar-refractivity contribution in [2.24, 2.45) is 5.92 Å². The number of allylic oxidation sites excluding steroid dienone is 4. The molecule has 0 spiro atoms.